The molecule has 1 unspecified atom stereocenters. The molecule has 2 aliphatic rings. The van der Waals surface area contributed by atoms with Gasteiger partial charge >= 0.3 is 0 Å². The lowest BCUT2D eigenvalue weighted by atomic mass is 10.0. The SMILES string of the molecule is O=C(NC1CCCC1)C(Cc1ccccc1)N(Cc1ccc(Cl)cc1)C(=O)CCN1C(=O)c2ccccc2S1(=O)=O. The quantitative estimate of drug-likeness (QED) is 0.371. The lowest BCUT2D eigenvalue weighted by Gasteiger charge is -2.33. The van der Waals surface area contributed by atoms with Crippen LogP contribution in [0.15, 0.2) is 83.8 Å². The van der Waals surface area contributed by atoms with E-state index in [0.717, 1.165) is 41.1 Å². The number of hydrogen-bond acceptors (Lipinski definition) is 5. The summed E-state index contributed by atoms with van der Waals surface area (Å²) in [7, 11) is -4.06. The maximum Gasteiger partial charge on any atom is 0.269 e. The van der Waals surface area contributed by atoms with Crippen LogP contribution in [0.4, 0.5) is 0 Å². The summed E-state index contributed by atoms with van der Waals surface area (Å²) in [6.07, 6.45) is 3.89. The van der Waals surface area contributed by atoms with Crippen LogP contribution < -0.4 is 5.32 Å². The predicted molar refractivity (Wildman–Crippen MR) is 156 cm³/mol. The van der Waals surface area contributed by atoms with E-state index in [1.165, 1.54) is 17.0 Å². The fourth-order valence-corrected chi connectivity index (χ4v) is 7.20. The first-order chi connectivity index (χ1) is 19.7. The van der Waals surface area contributed by atoms with Gasteiger partial charge in [-0.15, -0.1) is 0 Å². The van der Waals surface area contributed by atoms with Gasteiger partial charge < -0.3 is 10.2 Å². The van der Waals surface area contributed by atoms with E-state index in [4.69, 9.17) is 11.6 Å². The predicted octanol–water partition coefficient (Wildman–Crippen LogP) is 4.57. The van der Waals surface area contributed by atoms with Crippen LogP contribution in [0.1, 0.15) is 53.6 Å². The Morgan fingerprint density at radius 1 is 0.927 bits per heavy atom. The molecular formula is C31H32ClN3O5S. The Kier molecular flexibility index (Phi) is 8.75. The third-order valence-corrected chi connectivity index (χ3v) is 9.77. The molecule has 0 bridgehead atoms. The van der Waals surface area contributed by atoms with Gasteiger partial charge in [-0.25, -0.2) is 12.7 Å². The first-order valence-corrected chi connectivity index (χ1v) is 15.6. The number of fused-ring (bicyclic) bond motifs is 1. The monoisotopic (exact) mass is 593 g/mol. The molecule has 0 spiro atoms. The molecule has 10 heteroatoms. The number of carbonyl (C=O) groups excluding carboxylic acids is 3. The second kappa shape index (κ2) is 12.4. The molecule has 0 aromatic heterocycles. The molecule has 1 N–H and O–H groups in total. The van der Waals surface area contributed by atoms with E-state index in [9.17, 15) is 22.8 Å². The number of rotatable bonds is 10. The molecular weight excluding hydrogens is 562 g/mol. The average Bonchev–Trinajstić information content (AvgIpc) is 3.55. The topological polar surface area (TPSA) is 104 Å². The van der Waals surface area contributed by atoms with Crippen LogP contribution in [0.3, 0.4) is 0 Å². The molecule has 3 aromatic rings. The molecule has 1 fully saturated rings. The van der Waals surface area contributed by atoms with E-state index in [1.54, 1.807) is 36.4 Å². The number of amides is 3. The van der Waals surface area contributed by atoms with Crippen molar-refractivity contribution < 1.29 is 22.8 Å². The zero-order valence-electron chi connectivity index (χ0n) is 22.5. The van der Waals surface area contributed by atoms with Crippen LogP contribution in [-0.2, 0) is 32.6 Å². The number of nitrogens with one attached hydrogen (secondary N) is 1. The zero-order chi connectivity index (χ0) is 29.0. The van der Waals surface area contributed by atoms with Crippen LogP contribution >= 0.6 is 11.6 Å². The molecule has 8 nitrogen and oxygen atoms in total. The molecule has 1 aliphatic heterocycles. The van der Waals surface area contributed by atoms with Gasteiger partial charge in [-0.1, -0.05) is 79.0 Å². The third kappa shape index (κ3) is 6.47. The molecule has 1 atom stereocenters. The van der Waals surface area contributed by atoms with E-state index in [1.807, 2.05) is 30.3 Å². The fourth-order valence-electron chi connectivity index (χ4n) is 5.50. The van der Waals surface area contributed by atoms with Crippen molar-refractivity contribution in [2.75, 3.05) is 6.54 Å². The number of benzene rings is 3. The van der Waals surface area contributed by atoms with Crippen LogP contribution in [0, 0.1) is 0 Å². The first kappa shape index (κ1) is 28.8. The fraction of sp³-hybridized carbons (Fsp3) is 0.323. The minimum Gasteiger partial charge on any atom is -0.352 e. The molecule has 5 rings (SSSR count). The van der Waals surface area contributed by atoms with Gasteiger partial charge in [-0.2, -0.15) is 0 Å². The highest BCUT2D eigenvalue weighted by atomic mass is 35.5. The summed E-state index contributed by atoms with van der Waals surface area (Å²) < 4.78 is 26.9. The molecule has 3 amide bonds. The molecule has 0 saturated heterocycles. The highest BCUT2D eigenvalue weighted by molar-refractivity contribution is 7.90. The first-order valence-electron chi connectivity index (χ1n) is 13.8. The van der Waals surface area contributed by atoms with Gasteiger partial charge in [0.2, 0.25) is 11.8 Å². The van der Waals surface area contributed by atoms with Gasteiger partial charge in [0.05, 0.1) is 5.56 Å². The van der Waals surface area contributed by atoms with Gasteiger partial charge in [0, 0.05) is 37.0 Å². The van der Waals surface area contributed by atoms with Crippen molar-refractivity contribution >= 4 is 39.3 Å². The van der Waals surface area contributed by atoms with E-state index in [2.05, 4.69) is 5.32 Å². The minimum absolute atomic E-state index is 0.0547. The number of sulfonamides is 1. The maximum atomic E-state index is 13.9. The standard InChI is InChI=1S/C31H32ClN3O5S/c32-24-16-14-23(15-17-24)21-34(27(20-22-8-2-1-3-9-22)30(37)33-25-10-4-5-11-25)29(36)18-19-35-31(38)26-12-6-7-13-28(26)41(35,39)40/h1-3,6-9,12-17,25,27H,4-5,10-11,18-21H2,(H,33,37). The molecule has 3 aromatic carbocycles. The van der Waals surface area contributed by atoms with E-state index in [0.29, 0.717) is 5.02 Å². The summed E-state index contributed by atoms with van der Waals surface area (Å²) in [5.74, 6) is -1.33. The molecule has 214 valence electrons. The van der Waals surface area contributed by atoms with Crippen molar-refractivity contribution in [3.8, 4) is 0 Å². The van der Waals surface area contributed by atoms with Crippen molar-refractivity contribution in [3.05, 3.63) is 101 Å². The molecule has 1 heterocycles. The summed E-state index contributed by atoms with van der Waals surface area (Å²) in [4.78, 5) is 42.1. The largest absolute Gasteiger partial charge is 0.352 e. The number of nitrogens with zero attached hydrogens (tertiary/aromatic N) is 2. The Balaban J connectivity index is 1.42. The molecule has 0 radical (unpaired) electrons. The van der Waals surface area contributed by atoms with Crippen molar-refractivity contribution in [2.24, 2.45) is 0 Å². The van der Waals surface area contributed by atoms with Crippen LogP contribution in [0.25, 0.3) is 0 Å². The number of carbonyl (C=O) groups is 3. The summed E-state index contributed by atoms with van der Waals surface area (Å²) in [5, 5.41) is 3.69. The molecule has 1 aliphatic carbocycles. The summed E-state index contributed by atoms with van der Waals surface area (Å²) >= 11 is 6.09. The number of halogens is 1. The van der Waals surface area contributed by atoms with Gasteiger partial charge in [0.25, 0.3) is 15.9 Å². The Morgan fingerprint density at radius 2 is 1.59 bits per heavy atom. The van der Waals surface area contributed by atoms with Crippen LogP contribution in [-0.4, -0.2) is 54.0 Å². The summed E-state index contributed by atoms with van der Waals surface area (Å²) in [5.41, 5.74) is 1.75. The average molecular weight is 594 g/mol. The minimum atomic E-state index is -4.06. The van der Waals surface area contributed by atoms with Crippen LogP contribution in [0.2, 0.25) is 5.02 Å². The van der Waals surface area contributed by atoms with Crippen molar-refractivity contribution in [3.63, 3.8) is 0 Å². The van der Waals surface area contributed by atoms with Crippen molar-refractivity contribution in [1.29, 1.82) is 0 Å². The normalized spacial score (nSPS) is 16.8. The Bertz CT molecular complexity index is 1520. The Hall–Kier alpha value is -3.69. The van der Waals surface area contributed by atoms with Crippen LogP contribution in [0.5, 0.6) is 0 Å². The highest BCUT2D eigenvalue weighted by Gasteiger charge is 2.41. The highest BCUT2D eigenvalue weighted by Crippen LogP contribution is 2.30. The Morgan fingerprint density at radius 3 is 2.27 bits per heavy atom. The van der Waals surface area contributed by atoms with Gasteiger partial charge in [-0.3, -0.25) is 14.4 Å². The lowest BCUT2D eigenvalue weighted by Crippen LogP contribution is -2.52. The molecule has 41 heavy (non-hydrogen) atoms. The smallest absolute Gasteiger partial charge is 0.269 e. The van der Waals surface area contributed by atoms with Gasteiger partial charge in [0.1, 0.15) is 10.9 Å². The van der Waals surface area contributed by atoms with Gasteiger partial charge in [-0.05, 0) is 48.2 Å². The third-order valence-electron chi connectivity index (χ3n) is 7.68. The lowest BCUT2D eigenvalue weighted by molar-refractivity contribution is -0.141. The molecule has 1 saturated carbocycles. The summed E-state index contributed by atoms with van der Waals surface area (Å²) in [6.45, 7) is -0.208. The zero-order valence-corrected chi connectivity index (χ0v) is 24.1. The van der Waals surface area contributed by atoms with E-state index < -0.39 is 27.9 Å². The number of hydrogen-bond donors (Lipinski definition) is 1. The van der Waals surface area contributed by atoms with Crippen molar-refractivity contribution in [1.82, 2.24) is 14.5 Å². The second-order valence-electron chi connectivity index (χ2n) is 10.5. The van der Waals surface area contributed by atoms with Crippen molar-refractivity contribution in [2.45, 2.75) is 62.0 Å². The van der Waals surface area contributed by atoms with Gasteiger partial charge in [0.15, 0.2) is 0 Å². The Labute approximate surface area is 245 Å². The maximum absolute atomic E-state index is 13.9. The van der Waals surface area contributed by atoms with E-state index in [-0.39, 0.29) is 48.3 Å². The second-order valence-corrected chi connectivity index (χ2v) is 12.7. The van der Waals surface area contributed by atoms with E-state index >= 15 is 0 Å². The summed E-state index contributed by atoms with van der Waals surface area (Å²) in [6, 6.07) is 21.7.